The highest BCUT2D eigenvalue weighted by atomic mass is 16.3. The molecule has 1 fully saturated rings. The quantitative estimate of drug-likeness (QED) is 0.404. The van der Waals surface area contributed by atoms with Crippen LogP contribution in [0.25, 0.3) is 21.9 Å². The van der Waals surface area contributed by atoms with E-state index in [-0.39, 0.29) is 11.8 Å². The second kappa shape index (κ2) is 10.0. The van der Waals surface area contributed by atoms with Gasteiger partial charge in [-0.2, -0.15) is 0 Å². The van der Waals surface area contributed by atoms with E-state index in [0.29, 0.717) is 12.4 Å². The van der Waals surface area contributed by atoms with Crippen LogP contribution in [0, 0.1) is 5.92 Å². The molecule has 35 heavy (non-hydrogen) atoms. The molecule has 0 radical (unpaired) electrons. The minimum atomic E-state index is -0.497. The first-order chi connectivity index (χ1) is 17.0. The van der Waals surface area contributed by atoms with Crippen LogP contribution in [0.3, 0.4) is 0 Å². The highest BCUT2D eigenvalue weighted by Gasteiger charge is 2.23. The molecule has 3 N–H and O–H groups in total. The molecule has 3 heterocycles. The van der Waals surface area contributed by atoms with E-state index >= 15 is 0 Å². The fourth-order valence-corrected chi connectivity index (χ4v) is 4.66. The van der Waals surface area contributed by atoms with E-state index in [1.165, 1.54) is 0 Å². The third-order valence-corrected chi connectivity index (χ3v) is 6.60. The first-order valence-corrected chi connectivity index (χ1v) is 12.2. The second-order valence-electron chi connectivity index (χ2n) is 9.58. The highest BCUT2D eigenvalue weighted by Crippen LogP contribution is 2.24. The van der Waals surface area contributed by atoms with E-state index in [1.807, 2.05) is 56.3 Å². The van der Waals surface area contributed by atoms with Crippen molar-refractivity contribution in [1.82, 2.24) is 19.8 Å². The van der Waals surface area contributed by atoms with Crippen LogP contribution in [0.1, 0.15) is 25.4 Å². The Bertz CT molecular complexity index is 1290. The van der Waals surface area contributed by atoms with Crippen molar-refractivity contribution in [3.63, 3.8) is 0 Å². The normalized spacial score (nSPS) is 16.2. The second-order valence-corrected chi connectivity index (χ2v) is 9.58. The number of furan rings is 1. The summed E-state index contributed by atoms with van der Waals surface area (Å²) < 4.78 is 6.00. The van der Waals surface area contributed by atoms with Crippen molar-refractivity contribution in [3.05, 3.63) is 66.2 Å². The summed E-state index contributed by atoms with van der Waals surface area (Å²) in [6.07, 6.45) is 0. The summed E-state index contributed by atoms with van der Waals surface area (Å²) in [5.41, 5.74) is 7.44. The molecule has 0 aliphatic carbocycles. The summed E-state index contributed by atoms with van der Waals surface area (Å²) in [5, 5.41) is 5.32. The largest absolute Gasteiger partial charge is 0.460 e. The summed E-state index contributed by atoms with van der Waals surface area (Å²) in [5.74, 6) is 2.06. The van der Waals surface area contributed by atoms with Gasteiger partial charge in [0.1, 0.15) is 29.0 Å². The number of nitrogens with one attached hydrogen (secondary N) is 1. The Morgan fingerprint density at radius 2 is 1.69 bits per heavy atom. The molecular formula is C27H32N6O2. The molecule has 2 aromatic carbocycles. The van der Waals surface area contributed by atoms with Crippen molar-refractivity contribution in [2.75, 3.05) is 31.5 Å². The Morgan fingerprint density at radius 1 is 1.00 bits per heavy atom. The van der Waals surface area contributed by atoms with Gasteiger partial charge in [0.2, 0.25) is 5.91 Å². The fourth-order valence-electron chi connectivity index (χ4n) is 4.66. The summed E-state index contributed by atoms with van der Waals surface area (Å²) in [7, 11) is 0. The van der Waals surface area contributed by atoms with Crippen LogP contribution in [0.5, 0.6) is 0 Å². The van der Waals surface area contributed by atoms with Gasteiger partial charge >= 0.3 is 0 Å². The minimum Gasteiger partial charge on any atom is -0.460 e. The maximum absolute atomic E-state index is 12.0. The van der Waals surface area contributed by atoms with Gasteiger partial charge in [0, 0.05) is 37.0 Å². The van der Waals surface area contributed by atoms with Gasteiger partial charge in [-0.1, -0.05) is 44.2 Å². The third kappa shape index (κ3) is 5.28. The molecule has 0 unspecified atom stereocenters. The number of benzene rings is 2. The molecule has 4 aromatic rings. The lowest BCUT2D eigenvalue weighted by atomic mass is 10.0. The van der Waals surface area contributed by atoms with Crippen LogP contribution in [0.4, 0.5) is 5.82 Å². The topological polar surface area (TPSA) is 101 Å². The number of nitrogens with zero attached hydrogens (tertiary/aromatic N) is 4. The standard InChI is InChI=1S/C27H32N6O2/c1-18(2)25(26(28)34)31-27-21-8-4-5-9-22(21)29-24(30-27)17-33-13-11-32(12-14-33)16-20-15-19-7-3-6-10-23(19)35-20/h3-10,15,18,25H,11-14,16-17H2,1-2H3,(H2,28,34)(H,29,30,31)/t25-/m0/s1. The molecule has 2 aromatic heterocycles. The van der Waals surface area contributed by atoms with Gasteiger partial charge in [-0.05, 0) is 30.2 Å². The third-order valence-electron chi connectivity index (χ3n) is 6.60. The van der Waals surface area contributed by atoms with E-state index in [0.717, 1.165) is 66.2 Å². The van der Waals surface area contributed by atoms with E-state index in [2.05, 4.69) is 27.2 Å². The van der Waals surface area contributed by atoms with Crippen LogP contribution < -0.4 is 11.1 Å². The number of amides is 1. The number of nitrogens with two attached hydrogens (primary N) is 1. The van der Waals surface area contributed by atoms with Crippen LogP contribution in [-0.4, -0.2) is 57.9 Å². The molecular weight excluding hydrogens is 440 g/mol. The smallest absolute Gasteiger partial charge is 0.240 e. The van der Waals surface area contributed by atoms with Crippen molar-refractivity contribution in [2.45, 2.75) is 33.0 Å². The molecule has 5 rings (SSSR count). The highest BCUT2D eigenvalue weighted by molar-refractivity contribution is 5.92. The molecule has 182 valence electrons. The number of anilines is 1. The number of aromatic nitrogens is 2. The predicted octanol–water partition coefficient (Wildman–Crippen LogP) is 3.62. The SMILES string of the molecule is CC(C)[C@H](Nc1nc(CN2CCN(Cc3cc4ccccc4o3)CC2)nc2ccccc12)C(N)=O. The van der Waals surface area contributed by atoms with Crippen LogP contribution in [0.2, 0.25) is 0 Å². The first kappa shape index (κ1) is 23.3. The van der Waals surface area contributed by atoms with E-state index in [4.69, 9.17) is 20.1 Å². The number of primary amides is 1. The number of rotatable bonds is 8. The molecule has 1 saturated heterocycles. The van der Waals surface area contributed by atoms with Crippen molar-refractivity contribution in [3.8, 4) is 0 Å². The molecule has 1 atom stereocenters. The van der Waals surface area contributed by atoms with Gasteiger partial charge in [0.05, 0.1) is 18.6 Å². The number of para-hydroxylation sites is 2. The average molecular weight is 473 g/mol. The molecule has 8 nitrogen and oxygen atoms in total. The van der Waals surface area contributed by atoms with Gasteiger partial charge in [0.15, 0.2) is 0 Å². The van der Waals surface area contributed by atoms with Crippen molar-refractivity contribution < 1.29 is 9.21 Å². The summed E-state index contributed by atoms with van der Waals surface area (Å²) in [4.78, 5) is 26.4. The summed E-state index contributed by atoms with van der Waals surface area (Å²) in [6, 6.07) is 17.6. The summed E-state index contributed by atoms with van der Waals surface area (Å²) in [6.45, 7) is 9.16. The van der Waals surface area contributed by atoms with Gasteiger partial charge in [-0.3, -0.25) is 14.6 Å². The Morgan fingerprint density at radius 3 is 2.40 bits per heavy atom. The lowest BCUT2D eigenvalue weighted by Gasteiger charge is -2.33. The fraction of sp³-hybridized carbons (Fsp3) is 0.370. The predicted molar refractivity (Wildman–Crippen MR) is 138 cm³/mol. The molecule has 0 saturated carbocycles. The van der Waals surface area contributed by atoms with E-state index in [1.54, 1.807) is 0 Å². The number of carbonyl (C=O) groups excluding carboxylic acids is 1. The number of fused-ring (bicyclic) bond motifs is 2. The molecule has 0 bridgehead atoms. The minimum absolute atomic E-state index is 0.0458. The molecule has 1 aliphatic rings. The van der Waals surface area contributed by atoms with Gasteiger partial charge < -0.3 is 15.5 Å². The average Bonchev–Trinajstić information content (AvgIpc) is 3.25. The van der Waals surface area contributed by atoms with Crippen LogP contribution in [0.15, 0.2) is 59.0 Å². The first-order valence-electron chi connectivity index (χ1n) is 12.2. The van der Waals surface area contributed by atoms with E-state index in [9.17, 15) is 4.79 Å². The maximum Gasteiger partial charge on any atom is 0.240 e. The monoisotopic (exact) mass is 472 g/mol. The Labute approximate surface area is 205 Å². The lowest BCUT2D eigenvalue weighted by molar-refractivity contribution is -0.119. The summed E-state index contributed by atoms with van der Waals surface area (Å²) >= 11 is 0. The molecule has 1 amide bonds. The maximum atomic E-state index is 12.0. The van der Waals surface area contributed by atoms with Crippen molar-refractivity contribution >= 4 is 33.6 Å². The number of hydrogen-bond acceptors (Lipinski definition) is 7. The molecule has 1 aliphatic heterocycles. The number of carbonyl (C=O) groups is 1. The Balaban J connectivity index is 1.26. The zero-order valence-electron chi connectivity index (χ0n) is 20.3. The number of hydrogen-bond donors (Lipinski definition) is 2. The van der Waals surface area contributed by atoms with Gasteiger partial charge in [0.25, 0.3) is 0 Å². The van der Waals surface area contributed by atoms with Crippen molar-refractivity contribution in [1.29, 1.82) is 0 Å². The lowest BCUT2D eigenvalue weighted by Crippen LogP contribution is -2.45. The van der Waals surface area contributed by atoms with Gasteiger partial charge in [-0.15, -0.1) is 0 Å². The Kier molecular flexibility index (Phi) is 6.66. The van der Waals surface area contributed by atoms with Gasteiger partial charge in [-0.25, -0.2) is 9.97 Å². The van der Waals surface area contributed by atoms with Crippen LogP contribution in [-0.2, 0) is 17.9 Å². The van der Waals surface area contributed by atoms with Crippen LogP contribution >= 0.6 is 0 Å². The Hall–Kier alpha value is -3.49. The van der Waals surface area contributed by atoms with Crippen molar-refractivity contribution in [2.24, 2.45) is 11.7 Å². The zero-order chi connectivity index (χ0) is 24.4. The van der Waals surface area contributed by atoms with E-state index < -0.39 is 6.04 Å². The molecule has 0 spiro atoms. The zero-order valence-corrected chi connectivity index (χ0v) is 20.3. The molecule has 8 heteroatoms. The number of piperazine rings is 1.